The average Bonchev–Trinajstić information content (AvgIpc) is 3.41. The maximum Gasteiger partial charge on any atom is 0.126 e. The molecule has 0 amide bonds. The fourth-order valence-corrected chi connectivity index (χ4v) is 10.5. The third kappa shape index (κ3) is 4.55. The zero-order valence-corrected chi connectivity index (χ0v) is 31.4. The van der Waals surface area contributed by atoms with E-state index in [1.165, 1.54) is 108 Å². The predicted molar refractivity (Wildman–Crippen MR) is 217 cm³/mol. The second-order valence-electron chi connectivity index (χ2n) is 16.3. The summed E-state index contributed by atoms with van der Waals surface area (Å²) in [7, 11) is 0. The van der Waals surface area contributed by atoms with Crippen LogP contribution in [-0.4, -0.2) is 5.37 Å². The standard InChI is InChI=1S/C47H46N2S/c1-28-24-37-35-17-13-18-36-34-16-11-12-19-40(34)48(43(35)25-28)45(36)50-49(41-21-20-33(31(4)44(37)41)32-15-10-9-14-29(32)2)42-27-39-38(26-30(42)3)46(5,6)22-23-47(39,7)8/h9-21,24-27,45H,22-23H2,1-8H3. The minimum absolute atomic E-state index is 0.0629. The van der Waals surface area contributed by atoms with Gasteiger partial charge in [-0.25, -0.2) is 0 Å². The van der Waals surface area contributed by atoms with Crippen LogP contribution < -0.4 is 9.21 Å². The third-order valence-electron chi connectivity index (χ3n) is 12.0. The molecule has 0 saturated carbocycles. The van der Waals surface area contributed by atoms with E-state index in [9.17, 15) is 0 Å². The highest BCUT2D eigenvalue weighted by molar-refractivity contribution is 8.02. The first-order valence-corrected chi connectivity index (χ1v) is 19.0. The van der Waals surface area contributed by atoms with Gasteiger partial charge in [0.1, 0.15) is 5.37 Å². The lowest BCUT2D eigenvalue weighted by Crippen LogP contribution is -2.34. The second-order valence-corrected chi connectivity index (χ2v) is 17.3. The van der Waals surface area contributed by atoms with Gasteiger partial charge in [-0.1, -0.05) is 107 Å². The molecule has 4 aliphatic rings. The molecule has 0 radical (unpaired) electrons. The van der Waals surface area contributed by atoms with Crippen molar-refractivity contribution in [1.29, 1.82) is 0 Å². The number of anilines is 4. The van der Waals surface area contributed by atoms with Crippen LogP contribution in [0.15, 0.2) is 97.1 Å². The monoisotopic (exact) mass is 670 g/mol. The molecule has 0 fully saturated rings. The molecular weight excluding hydrogens is 625 g/mol. The summed E-state index contributed by atoms with van der Waals surface area (Å²) >= 11 is 1.97. The van der Waals surface area contributed by atoms with E-state index >= 15 is 0 Å². The molecule has 2 nitrogen and oxygen atoms in total. The molecule has 0 aromatic heterocycles. The van der Waals surface area contributed by atoms with Crippen molar-refractivity contribution in [1.82, 2.24) is 0 Å². The average molecular weight is 671 g/mol. The second kappa shape index (κ2) is 11.0. The lowest BCUT2D eigenvalue weighted by molar-refractivity contribution is 0.332. The van der Waals surface area contributed by atoms with Crippen molar-refractivity contribution in [3.05, 3.63) is 142 Å². The van der Waals surface area contributed by atoms with Crippen LogP contribution in [0.3, 0.4) is 0 Å². The first-order valence-electron chi connectivity index (χ1n) is 18.2. The summed E-state index contributed by atoms with van der Waals surface area (Å²) < 4.78 is 2.62. The largest absolute Gasteiger partial charge is 0.322 e. The number of hydrogen-bond acceptors (Lipinski definition) is 3. The molecular formula is C47H46N2S. The molecule has 0 saturated heterocycles. The van der Waals surface area contributed by atoms with E-state index in [4.69, 9.17) is 0 Å². The smallest absolute Gasteiger partial charge is 0.126 e. The lowest BCUT2D eigenvalue weighted by Gasteiger charge is -2.43. The number of rotatable bonds is 2. The molecule has 9 rings (SSSR count). The fourth-order valence-electron chi connectivity index (χ4n) is 9.11. The molecule has 5 aromatic carbocycles. The van der Waals surface area contributed by atoms with Crippen LogP contribution in [0.4, 0.5) is 22.7 Å². The van der Waals surface area contributed by atoms with Gasteiger partial charge in [0.15, 0.2) is 0 Å². The molecule has 50 heavy (non-hydrogen) atoms. The summed E-state index contributed by atoms with van der Waals surface area (Å²) in [5.41, 5.74) is 22.8. The highest BCUT2D eigenvalue weighted by Gasteiger charge is 2.42. The number of benzene rings is 5. The van der Waals surface area contributed by atoms with Crippen molar-refractivity contribution in [3.63, 3.8) is 0 Å². The summed E-state index contributed by atoms with van der Waals surface area (Å²) in [5, 5.41) is 0.0629. The van der Waals surface area contributed by atoms with Crippen LogP contribution in [0, 0.1) is 27.7 Å². The Kier molecular flexibility index (Phi) is 6.94. The first-order chi connectivity index (χ1) is 23.9. The van der Waals surface area contributed by atoms with Crippen molar-refractivity contribution in [2.45, 2.75) is 84.4 Å². The van der Waals surface area contributed by atoms with Gasteiger partial charge >= 0.3 is 0 Å². The van der Waals surface area contributed by atoms with Crippen LogP contribution in [0.1, 0.15) is 85.0 Å². The van der Waals surface area contributed by atoms with Gasteiger partial charge in [-0.15, -0.1) is 0 Å². The van der Waals surface area contributed by atoms with E-state index in [0.29, 0.717) is 0 Å². The maximum atomic E-state index is 2.62. The Bertz CT molecular complexity index is 2320. The lowest BCUT2D eigenvalue weighted by atomic mass is 9.63. The molecule has 3 heteroatoms. The Morgan fingerprint density at radius 2 is 1.32 bits per heavy atom. The van der Waals surface area contributed by atoms with Gasteiger partial charge in [0.2, 0.25) is 0 Å². The fraction of sp³-hybridized carbons (Fsp3) is 0.277. The van der Waals surface area contributed by atoms with Gasteiger partial charge < -0.3 is 4.90 Å². The summed E-state index contributed by atoms with van der Waals surface area (Å²) in [4.78, 5) is 2.62. The first kappa shape index (κ1) is 31.5. The summed E-state index contributed by atoms with van der Waals surface area (Å²) in [6.07, 6.45) is 9.43. The molecule has 250 valence electrons. The highest BCUT2D eigenvalue weighted by Crippen LogP contribution is 2.58. The number of para-hydroxylation sites is 1. The minimum atomic E-state index is 0.0629. The normalized spacial score (nSPS) is 19.0. The molecule has 1 unspecified atom stereocenters. The molecule has 0 spiro atoms. The third-order valence-corrected chi connectivity index (χ3v) is 13.3. The molecule has 3 heterocycles. The van der Waals surface area contributed by atoms with Crippen molar-refractivity contribution in [2.75, 3.05) is 9.21 Å². The van der Waals surface area contributed by atoms with E-state index in [1.807, 2.05) is 11.9 Å². The predicted octanol–water partition coefficient (Wildman–Crippen LogP) is 13.3. The highest BCUT2D eigenvalue weighted by atomic mass is 32.2. The molecule has 3 aliphatic heterocycles. The van der Waals surface area contributed by atoms with Gasteiger partial charge in [0.25, 0.3) is 0 Å². The number of nitrogens with zero attached hydrogens (tertiary/aromatic N) is 2. The number of hydrogen-bond donors (Lipinski definition) is 0. The quantitative estimate of drug-likeness (QED) is 0.173. The van der Waals surface area contributed by atoms with Gasteiger partial charge in [-0.2, -0.15) is 0 Å². The Morgan fingerprint density at radius 3 is 2.08 bits per heavy atom. The zero-order chi connectivity index (χ0) is 34.7. The minimum Gasteiger partial charge on any atom is -0.322 e. The van der Waals surface area contributed by atoms with E-state index in [1.54, 1.807) is 0 Å². The molecule has 0 N–H and O–H groups in total. The summed E-state index contributed by atoms with van der Waals surface area (Å²) in [5.74, 6) is 0. The van der Waals surface area contributed by atoms with Crippen LogP contribution in [0.5, 0.6) is 0 Å². The summed E-state index contributed by atoms with van der Waals surface area (Å²) in [6, 6.07) is 32.6. The van der Waals surface area contributed by atoms with Gasteiger partial charge in [0.05, 0.1) is 22.7 Å². The van der Waals surface area contributed by atoms with Gasteiger partial charge in [-0.05, 0) is 143 Å². The van der Waals surface area contributed by atoms with Crippen molar-refractivity contribution >= 4 is 46.3 Å². The molecule has 1 aliphatic carbocycles. The number of aryl methyl sites for hydroxylation is 3. The zero-order valence-electron chi connectivity index (χ0n) is 30.6. The van der Waals surface area contributed by atoms with Crippen LogP contribution >= 0.6 is 11.9 Å². The van der Waals surface area contributed by atoms with Crippen LogP contribution in [0.2, 0.25) is 0 Å². The Morgan fingerprint density at radius 1 is 0.620 bits per heavy atom. The summed E-state index contributed by atoms with van der Waals surface area (Å²) in [6.45, 7) is 18.9. The maximum absolute atomic E-state index is 2.62. The van der Waals surface area contributed by atoms with E-state index in [-0.39, 0.29) is 16.2 Å². The number of allylic oxidation sites excluding steroid dienone is 2. The van der Waals surface area contributed by atoms with E-state index in [2.05, 4.69) is 168 Å². The van der Waals surface area contributed by atoms with E-state index in [0.717, 1.165) is 0 Å². The Balaban J connectivity index is 1.40. The van der Waals surface area contributed by atoms with E-state index < -0.39 is 0 Å². The van der Waals surface area contributed by atoms with Crippen molar-refractivity contribution < 1.29 is 0 Å². The van der Waals surface area contributed by atoms with Gasteiger partial charge in [0, 0.05) is 16.7 Å². The van der Waals surface area contributed by atoms with Crippen LogP contribution in [-0.2, 0) is 10.8 Å². The molecule has 5 aromatic rings. The Hall–Kier alpha value is -4.47. The van der Waals surface area contributed by atoms with Crippen molar-refractivity contribution in [3.8, 4) is 22.3 Å². The molecule has 1 atom stereocenters. The Labute approximate surface area is 302 Å². The van der Waals surface area contributed by atoms with Gasteiger partial charge in [-0.3, -0.25) is 4.31 Å². The van der Waals surface area contributed by atoms with Crippen molar-refractivity contribution in [2.24, 2.45) is 0 Å². The topological polar surface area (TPSA) is 6.48 Å². The SMILES string of the molecule is Cc1cc2c3c(c1)N1c4ccccc4C(=CC=C3)C1SN(c1cc3c(cc1C)C(C)(C)CCC3(C)C)c1ccc(-c3ccccc3C)c(C)c1-2. The molecule has 6 bridgehead atoms. The number of fused-ring (bicyclic) bond motifs is 5. The van der Waals surface area contributed by atoms with Crippen LogP contribution in [0.25, 0.3) is 33.9 Å².